The summed E-state index contributed by atoms with van der Waals surface area (Å²) in [6.45, 7) is 3.88. The summed E-state index contributed by atoms with van der Waals surface area (Å²) < 4.78 is 0. The molecule has 0 aliphatic carbocycles. The fourth-order valence-electron chi connectivity index (χ4n) is 1.30. The lowest BCUT2D eigenvalue weighted by Crippen LogP contribution is -2.49. The standard InChI is InChI=1S/C11H15N5O2S2/c1-7(2)12-10(19)14-15-11(20)13-8-5-3-4-6-9(8)16(17)18/h3-7H,1-2H3,(H2,12,14,19)(H2,13,15,20). The van der Waals surface area contributed by atoms with Gasteiger partial charge in [-0.1, -0.05) is 12.1 Å². The van der Waals surface area contributed by atoms with Crippen LogP contribution < -0.4 is 21.5 Å². The van der Waals surface area contributed by atoms with Gasteiger partial charge in [-0.25, -0.2) is 0 Å². The van der Waals surface area contributed by atoms with E-state index in [2.05, 4.69) is 21.5 Å². The fraction of sp³-hybridized carbons (Fsp3) is 0.273. The van der Waals surface area contributed by atoms with Gasteiger partial charge in [0.25, 0.3) is 5.69 Å². The maximum atomic E-state index is 10.8. The molecule has 0 fully saturated rings. The molecule has 0 aromatic heterocycles. The molecule has 108 valence electrons. The summed E-state index contributed by atoms with van der Waals surface area (Å²) in [6.07, 6.45) is 0. The molecule has 0 saturated carbocycles. The van der Waals surface area contributed by atoms with Crippen molar-refractivity contribution in [2.24, 2.45) is 0 Å². The highest BCUT2D eigenvalue weighted by molar-refractivity contribution is 7.80. The number of nitro groups is 1. The van der Waals surface area contributed by atoms with Crippen LogP contribution in [0.2, 0.25) is 0 Å². The van der Waals surface area contributed by atoms with E-state index in [1.54, 1.807) is 18.2 Å². The second-order valence-corrected chi connectivity index (χ2v) is 4.92. The van der Waals surface area contributed by atoms with E-state index in [-0.39, 0.29) is 16.8 Å². The van der Waals surface area contributed by atoms with E-state index in [4.69, 9.17) is 24.4 Å². The van der Waals surface area contributed by atoms with Gasteiger partial charge in [0.15, 0.2) is 10.2 Å². The summed E-state index contributed by atoms with van der Waals surface area (Å²) in [6, 6.07) is 6.41. The normalized spacial score (nSPS) is 9.75. The number of thiocarbonyl (C=S) groups is 2. The van der Waals surface area contributed by atoms with Gasteiger partial charge >= 0.3 is 0 Å². The third-order valence-electron chi connectivity index (χ3n) is 2.06. The van der Waals surface area contributed by atoms with Crippen molar-refractivity contribution in [3.8, 4) is 0 Å². The van der Waals surface area contributed by atoms with Gasteiger partial charge in [-0.05, 0) is 44.3 Å². The molecule has 0 atom stereocenters. The minimum Gasteiger partial charge on any atom is -0.359 e. The maximum Gasteiger partial charge on any atom is 0.292 e. The lowest BCUT2D eigenvalue weighted by Gasteiger charge is -2.15. The quantitative estimate of drug-likeness (QED) is 0.380. The van der Waals surface area contributed by atoms with Crippen LogP contribution in [0.25, 0.3) is 0 Å². The molecule has 1 aromatic carbocycles. The average Bonchev–Trinajstić information content (AvgIpc) is 2.36. The molecule has 0 heterocycles. The first kappa shape index (κ1) is 16.1. The Kier molecular flexibility index (Phi) is 6.07. The number of nitro benzene ring substituents is 1. The number of hydrogen-bond acceptors (Lipinski definition) is 4. The highest BCUT2D eigenvalue weighted by Crippen LogP contribution is 2.22. The number of nitrogens with zero attached hydrogens (tertiary/aromatic N) is 1. The van der Waals surface area contributed by atoms with Gasteiger partial charge in [0.05, 0.1) is 4.92 Å². The van der Waals surface area contributed by atoms with Crippen LogP contribution in [-0.2, 0) is 0 Å². The lowest BCUT2D eigenvalue weighted by molar-refractivity contribution is -0.383. The molecule has 0 aliphatic rings. The zero-order chi connectivity index (χ0) is 15.1. The summed E-state index contributed by atoms with van der Waals surface area (Å²) >= 11 is 10.0. The summed E-state index contributed by atoms with van der Waals surface area (Å²) in [5.41, 5.74) is 5.58. The van der Waals surface area contributed by atoms with Crippen molar-refractivity contribution in [2.45, 2.75) is 19.9 Å². The number of anilines is 1. The van der Waals surface area contributed by atoms with Crippen LogP contribution >= 0.6 is 24.4 Å². The van der Waals surface area contributed by atoms with E-state index in [0.717, 1.165) is 0 Å². The molecule has 1 aromatic rings. The van der Waals surface area contributed by atoms with E-state index in [0.29, 0.717) is 10.8 Å². The molecule has 0 amide bonds. The maximum absolute atomic E-state index is 10.8. The minimum absolute atomic E-state index is 0.0560. The van der Waals surface area contributed by atoms with Gasteiger partial charge < -0.3 is 10.6 Å². The molecular formula is C11H15N5O2S2. The molecular weight excluding hydrogens is 298 g/mol. The van der Waals surface area contributed by atoms with E-state index in [1.165, 1.54) is 6.07 Å². The van der Waals surface area contributed by atoms with Crippen molar-refractivity contribution >= 4 is 46.0 Å². The predicted octanol–water partition coefficient (Wildman–Crippen LogP) is 1.67. The first-order valence-electron chi connectivity index (χ1n) is 5.77. The molecule has 7 nitrogen and oxygen atoms in total. The van der Waals surface area contributed by atoms with Gasteiger partial charge in [-0.15, -0.1) is 0 Å². The lowest BCUT2D eigenvalue weighted by atomic mass is 10.3. The van der Waals surface area contributed by atoms with Gasteiger partial charge in [0.1, 0.15) is 5.69 Å². The number of para-hydroxylation sites is 2. The molecule has 0 saturated heterocycles. The van der Waals surface area contributed by atoms with Gasteiger partial charge in [0, 0.05) is 12.1 Å². The SMILES string of the molecule is CC(C)NC(=S)NNC(=S)Nc1ccccc1[N+](=O)[O-]. The Morgan fingerprint density at radius 1 is 1.20 bits per heavy atom. The van der Waals surface area contributed by atoms with E-state index < -0.39 is 4.92 Å². The number of rotatable bonds is 3. The van der Waals surface area contributed by atoms with Crippen LogP contribution in [0.1, 0.15) is 13.8 Å². The molecule has 1 rings (SSSR count). The Morgan fingerprint density at radius 2 is 1.80 bits per heavy atom. The van der Waals surface area contributed by atoms with Crippen molar-refractivity contribution < 1.29 is 4.92 Å². The highest BCUT2D eigenvalue weighted by atomic mass is 32.1. The third-order valence-corrected chi connectivity index (χ3v) is 2.48. The van der Waals surface area contributed by atoms with E-state index >= 15 is 0 Å². The zero-order valence-electron chi connectivity index (χ0n) is 11.0. The zero-order valence-corrected chi connectivity index (χ0v) is 12.6. The fourth-order valence-corrected chi connectivity index (χ4v) is 1.75. The molecule has 0 spiro atoms. The van der Waals surface area contributed by atoms with E-state index in [9.17, 15) is 10.1 Å². The number of benzene rings is 1. The van der Waals surface area contributed by atoms with Crippen LogP contribution in [0.5, 0.6) is 0 Å². The number of hydrogen-bond donors (Lipinski definition) is 4. The molecule has 0 bridgehead atoms. The topological polar surface area (TPSA) is 91.3 Å². The molecule has 9 heteroatoms. The molecule has 0 radical (unpaired) electrons. The molecule has 20 heavy (non-hydrogen) atoms. The molecule has 0 aliphatic heterocycles. The Balaban J connectivity index is 2.55. The first-order chi connectivity index (χ1) is 9.40. The first-order valence-corrected chi connectivity index (χ1v) is 6.58. The van der Waals surface area contributed by atoms with Gasteiger partial charge in [0.2, 0.25) is 0 Å². The van der Waals surface area contributed by atoms with Crippen molar-refractivity contribution in [3.05, 3.63) is 34.4 Å². The van der Waals surface area contributed by atoms with Crippen LogP contribution in [0.3, 0.4) is 0 Å². The van der Waals surface area contributed by atoms with Gasteiger partial charge in [-0.2, -0.15) is 0 Å². The van der Waals surface area contributed by atoms with Crippen LogP contribution in [-0.4, -0.2) is 21.2 Å². The summed E-state index contributed by atoms with van der Waals surface area (Å²) in [5, 5.41) is 17.1. The monoisotopic (exact) mass is 313 g/mol. The minimum atomic E-state index is -0.483. The second-order valence-electron chi connectivity index (χ2n) is 4.11. The number of nitrogens with one attached hydrogen (secondary N) is 4. The Bertz CT molecular complexity index is 521. The van der Waals surface area contributed by atoms with Crippen molar-refractivity contribution in [1.29, 1.82) is 0 Å². The Hall–Kier alpha value is -2.00. The summed E-state index contributed by atoms with van der Waals surface area (Å²) in [4.78, 5) is 10.4. The predicted molar refractivity (Wildman–Crippen MR) is 86.5 cm³/mol. The smallest absolute Gasteiger partial charge is 0.292 e. The summed E-state index contributed by atoms with van der Waals surface area (Å²) in [7, 11) is 0. The van der Waals surface area contributed by atoms with Crippen molar-refractivity contribution in [3.63, 3.8) is 0 Å². The van der Waals surface area contributed by atoms with Crippen LogP contribution in [0.4, 0.5) is 11.4 Å². The van der Waals surface area contributed by atoms with Gasteiger partial charge in [-0.3, -0.25) is 21.0 Å². The van der Waals surface area contributed by atoms with E-state index in [1.807, 2.05) is 13.8 Å². The van der Waals surface area contributed by atoms with Crippen molar-refractivity contribution in [2.75, 3.05) is 5.32 Å². The molecule has 4 N–H and O–H groups in total. The Morgan fingerprint density at radius 3 is 2.40 bits per heavy atom. The van der Waals surface area contributed by atoms with Crippen molar-refractivity contribution in [1.82, 2.24) is 16.2 Å². The largest absolute Gasteiger partial charge is 0.359 e. The highest BCUT2D eigenvalue weighted by Gasteiger charge is 2.13. The molecule has 0 unspecified atom stereocenters. The Labute approximate surface area is 127 Å². The third kappa shape index (κ3) is 5.33. The summed E-state index contributed by atoms with van der Waals surface area (Å²) in [5.74, 6) is 0. The second kappa shape index (κ2) is 7.56. The number of hydrazine groups is 1. The average molecular weight is 313 g/mol. The van der Waals surface area contributed by atoms with Crippen LogP contribution in [0.15, 0.2) is 24.3 Å². The van der Waals surface area contributed by atoms with Crippen LogP contribution in [0, 0.1) is 10.1 Å².